The number of hydrogen-bond acceptors (Lipinski definition) is 3. The molecule has 2 aliphatic rings. The number of ether oxygens (including phenoxy) is 2. The Kier molecular flexibility index (Phi) is 4.36. The number of alkyl halides is 3. The number of fused-ring (bicyclic) bond motifs is 1. The molecule has 0 amide bonds. The van der Waals surface area contributed by atoms with Crippen molar-refractivity contribution in [3.05, 3.63) is 23.3 Å². The lowest BCUT2D eigenvalue weighted by Gasteiger charge is -2.35. The first-order chi connectivity index (χ1) is 11.3. The number of carbonyl (C=O) groups is 1. The molecule has 1 fully saturated rings. The van der Waals surface area contributed by atoms with Crippen molar-refractivity contribution in [1.82, 2.24) is 0 Å². The van der Waals surface area contributed by atoms with E-state index in [0.29, 0.717) is 25.9 Å². The summed E-state index contributed by atoms with van der Waals surface area (Å²) in [5.74, 6) is -0.983. The monoisotopic (exact) mass is 344 g/mol. The molecule has 7 heteroatoms. The quantitative estimate of drug-likeness (QED) is 0.875. The molecule has 0 aromatic heterocycles. The molecule has 1 aromatic carbocycles. The molecule has 132 valence electrons. The van der Waals surface area contributed by atoms with Crippen LogP contribution in [0.5, 0.6) is 11.5 Å². The molecule has 4 nitrogen and oxygen atoms in total. The molecule has 0 saturated heterocycles. The fourth-order valence-electron chi connectivity index (χ4n) is 3.59. The predicted molar refractivity (Wildman–Crippen MR) is 79.4 cm³/mol. The molecular formula is C17H19F3O4. The van der Waals surface area contributed by atoms with Gasteiger partial charge in [0, 0.05) is 6.42 Å². The van der Waals surface area contributed by atoms with Gasteiger partial charge in [0.2, 0.25) is 0 Å². The van der Waals surface area contributed by atoms with Crippen LogP contribution in [0.15, 0.2) is 12.1 Å². The van der Waals surface area contributed by atoms with Gasteiger partial charge in [0.05, 0.1) is 24.2 Å². The van der Waals surface area contributed by atoms with Gasteiger partial charge in [0.1, 0.15) is 0 Å². The molecule has 1 aromatic rings. The van der Waals surface area contributed by atoms with Gasteiger partial charge in [-0.1, -0.05) is 19.3 Å². The number of aliphatic carboxylic acids is 1. The molecule has 0 radical (unpaired) electrons. The van der Waals surface area contributed by atoms with Crippen LogP contribution in [0.25, 0.3) is 0 Å². The second kappa shape index (κ2) is 6.18. The summed E-state index contributed by atoms with van der Waals surface area (Å²) in [5.41, 5.74) is -2.66. The van der Waals surface area contributed by atoms with Crippen molar-refractivity contribution in [3.8, 4) is 11.5 Å². The summed E-state index contributed by atoms with van der Waals surface area (Å²) in [4.78, 5) is 12.0. The number of carboxylic acid groups (broad SMARTS) is 1. The van der Waals surface area contributed by atoms with E-state index in [1.165, 1.54) is 6.07 Å². The van der Waals surface area contributed by atoms with Crippen LogP contribution in [-0.2, 0) is 16.4 Å². The van der Waals surface area contributed by atoms with Crippen molar-refractivity contribution in [3.63, 3.8) is 0 Å². The van der Waals surface area contributed by atoms with Crippen molar-refractivity contribution < 1.29 is 32.5 Å². The van der Waals surface area contributed by atoms with Crippen LogP contribution in [0.4, 0.5) is 13.2 Å². The van der Waals surface area contributed by atoms with Crippen LogP contribution in [0.2, 0.25) is 0 Å². The zero-order chi connectivity index (χ0) is 17.4. The Morgan fingerprint density at radius 1 is 1.00 bits per heavy atom. The molecule has 1 aliphatic carbocycles. The highest BCUT2D eigenvalue weighted by Gasteiger charge is 2.48. The van der Waals surface area contributed by atoms with E-state index in [2.05, 4.69) is 0 Å². The first-order valence-corrected chi connectivity index (χ1v) is 8.09. The Labute approximate surface area is 137 Å². The van der Waals surface area contributed by atoms with Gasteiger partial charge in [-0.05, 0) is 30.5 Å². The van der Waals surface area contributed by atoms with Gasteiger partial charge >= 0.3 is 12.1 Å². The van der Waals surface area contributed by atoms with Gasteiger partial charge in [-0.25, -0.2) is 0 Å². The van der Waals surface area contributed by atoms with E-state index >= 15 is 0 Å². The minimum Gasteiger partial charge on any atom is -0.490 e. The average Bonchev–Trinajstić information content (AvgIpc) is 2.78. The Morgan fingerprint density at radius 3 is 2.12 bits per heavy atom. The molecule has 24 heavy (non-hydrogen) atoms. The Hall–Kier alpha value is -1.92. The van der Waals surface area contributed by atoms with E-state index in [1.807, 2.05) is 0 Å². The number of halogens is 3. The molecule has 3 rings (SSSR count). The molecule has 1 aliphatic heterocycles. The maximum absolute atomic E-state index is 13.6. The topological polar surface area (TPSA) is 55.8 Å². The van der Waals surface area contributed by atoms with Gasteiger partial charge in [0.15, 0.2) is 11.5 Å². The lowest BCUT2D eigenvalue weighted by atomic mass is 9.68. The third-order valence-corrected chi connectivity index (χ3v) is 4.83. The van der Waals surface area contributed by atoms with Gasteiger partial charge in [-0.15, -0.1) is 0 Å². The minimum absolute atomic E-state index is 0.0277. The molecule has 1 N–H and O–H groups in total. The fraction of sp³-hybridized carbons (Fsp3) is 0.588. The average molecular weight is 344 g/mol. The summed E-state index contributed by atoms with van der Waals surface area (Å²) in [6.45, 7) is 0.603. The van der Waals surface area contributed by atoms with Gasteiger partial charge in [-0.3, -0.25) is 4.79 Å². The third-order valence-electron chi connectivity index (χ3n) is 4.83. The first-order valence-electron chi connectivity index (χ1n) is 8.09. The smallest absolute Gasteiger partial charge is 0.416 e. The van der Waals surface area contributed by atoms with Crippen molar-refractivity contribution in [1.29, 1.82) is 0 Å². The fourth-order valence-corrected chi connectivity index (χ4v) is 3.59. The number of hydrogen-bond donors (Lipinski definition) is 1. The highest BCUT2D eigenvalue weighted by atomic mass is 19.4. The van der Waals surface area contributed by atoms with E-state index in [0.717, 1.165) is 12.5 Å². The summed E-state index contributed by atoms with van der Waals surface area (Å²) < 4.78 is 51.7. The summed E-state index contributed by atoms with van der Waals surface area (Å²) in [5, 5.41) is 9.75. The summed E-state index contributed by atoms with van der Waals surface area (Å²) in [6, 6.07) is 2.14. The van der Waals surface area contributed by atoms with E-state index in [-0.39, 0.29) is 36.5 Å². The molecule has 1 heterocycles. The number of rotatable bonds is 2. The van der Waals surface area contributed by atoms with Crippen LogP contribution < -0.4 is 9.47 Å². The summed E-state index contributed by atoms with van der Waals surface area (Å²) >= 11 is 0. The molecule has 0 atom stereocenters. The van der Waals surface area contributed by atoms with Crippen molar-refractivity contribution in [2.24, 2.45) is 0 Å². The zero-order valence-electron chi connectivity index (χ0n) is 13.1. The first kappa shape index (κ1) is 16.9. The molecular weight excluding hydrogens is 325 g/mol. The van der Waals surface area contributed by atoms with Crippen LogP contribution in [0.3, 0.4) is 0 Å². The molecule has 0 bridgehead atoms. The van der Waals surface area contributed by atoms with E-state index in [1.54, 1.807) is 0 Å². The van der Waals surface area contributed by atoms with Crippen LogP contribution in [0, 0.1) is 0 Å². The van der Waals surface area contributed by atoms with Crippen LogP contribution in [-0.4, -0.2) is 24.3 Å². The van der Waals surface area contributed by atoms with Crippen LogP contribution in [0.1, 0.15) is 49.7 Å². The zero-order valence-corrected chi connectivity index (χ0v) is 13.1. The van der Waals surface area contributed by atoms with E-state index in [4.69, 9.17) is 9.47 Å². The third kappa shape index (κ3) is 2.91. The van der Waals surface area contributed by atoms with Crippen molar-refractivity contribution in [2.45, 2.75) is 50.1 Å². The van der Waals surface area contributed by atoms with Gasteiger partial charge in [0.25, 0.3) is 0 Å². The standard InChI is InChI=1S/C17H19F3O4/c18-17(19,20)12-10-14-13(23-7-4-8-24-14)9-11(12)16(15(21)22)5-2-1-3-6-16/h9-10H,1-8H2,(H,21,22). The highest BCUT2D eigenvalue weighted by molar-refractivity contribution is 5.82. The largest absolute Gasteiger partial charge is 0.490 e. The van der Waals surface area contributed by atoms with Crippen molar-refractivity contribution >= 4 is 5.97 Å². The normalized spacial score (nSPS) is 20.3. The summed E-state index contributed by atoms with van der Waals surface area (Å²) in [7, 11) is 0. The lowest BCUT2D eigenvalue weighted by molar-refractivity contribution is -0.147. The van der Waals surface area contributed by atoms with Crippen LogP contribution >= 0.6 is 0 Å². The van der Waals surface area contributed by atoms with Gasteiger partial charge in [-0.2, -0.15) is 13.2 Å². The maximum atomic E-state index is 13.6. The molecule has 0 unspecified atom stereocenters. The lowest BCUT2D eigenvalue weighted by Crippen LogP contribution is -2.39. The second-order valence-corrected chi connectivity index (χ2v) is 6.34. The van der Waals surface area contributed by atoms with Crippen molar-refractivity contribution in [2.75, 3.05) is 13.2 Å². The highest BCUT2D eigenvalue weighted by Crippen LogP contribution is 2.49. The van der Waals surface area contributed by atoms with Gasteiger partial charge < -0.3 is 14.6 Å². The molecule has 1 saturated carbocycles. The minimum atomic E-state index is -4.65. The number of benzene rings is 1. The van der Waals surface area contributed by atoms with E-state index in [9.17, 15) is 23.1 Å². The predicted octanol–water partition coefficient (Wildman–Crippen LogP) is 4.15. The second-order valence-electron chi connectivity index (χ2n) is 6.34. The number of carboxylic acids is 1. The summed E-state index contributed by atoms with van der Waals surface area (Å²) in [6.07, 6.45) is -1.66. The Morgan fingerprint density at radius 2 is 1.58 bits per heavy atom. The Bertz CT molecular complexity index is 633. The SMILES string of the molecule is O=C(O)C1(c2cc3c(cc2C(F)(F)F)OCCCO3)CCCCC1. The maximum Gasteiger partial charge on any atom is 0.416 e. The van der Waals surface area contributed by atoms with E-state index < -0.39 is 23.1 Å². The Balaban J connectivity index is 2.20. The molecule has 0 spiro atoms.